The van der Waals surface area contributed by atoms with Crippen LogP contribution < -0.4 is 0 Å². The number of hydrogen-bond donors (Lipinski definition) is 0. The lowest BCUT2D eigenvalue weighted by Crippen LogP contribution is -2.51. The van der Waals surface area contributed by atoms with Crippen LogP contribution in [0, 0.1) is 5.92 Å². The molecule has 3 aromatic carbocycles. The van der Waals surface area contributed by atoms with Crippen molar-refractivity contribution in [3.8, 4) is 11.1 Å². The summed E-state index contributed by atoms with van der Waals surface area (Å²) in [4.78, 5) is 59.0. The van der Waals surface area contributed by atoms with Crippen molar-refractivity contribution in [3.05, 3.63) is 95.1 Å². The Morgan fingerprint density at radius 3 is 1.92 bits per heavy atom. The molecule has 3 aromatic rings. The SMILES string of the molecule is O=C(ON1C(=O)c2ccccc2C1=O)C1C2CCC(C2)N1C(=O)OCC1c2ccccc2-c2ccccc21. The molecule has 2 bridgehead atoms. The van der Waals surface area contributed by atoms with E-state index in [-0.39, 0.29) is 35.6 Å². The van der Waals surface area contributed by atoms with Crippen LogP contribution in [0.1, 0.15) is 57.0 Å². The van der Waals surface area contributed by atoms with Gasteiger partial charge in [-0.15, -0.1) is 0 Å². The minimum absolute atomic E-state index is 0.102. The molecule has 2 aliphatic carbocycles. The Bertz CT molecular complexity index is 1440. The molecule has 4 aliphatic rings. The number of hydrogen-bond acceptors (Lipinski definition) is 6. The molecular weight excluding hydrogens is 484 g/mol. The maximum absolute atomic E-state index is 13.4. The number of piperidine rings is 1. The van der Waals surface area contributed by atoms with Crippen molar-refractivity contribution < 1.29 is 28.8 Å². The highest BCUT2D eigenvalue weighted by Crippen LogP contribution is 2.46. The van der Waals surface area contributed by atoms with E-state index in [1.54, 1.807) is 12.1 Å². The quantitative estimate of drug-likeness (QED) is 0.481. The standard InChI is InChI=1S/C30H24N2O6/c33-27-23-11-5-6-12-24(23)28(34)32(27)38-29(35)26-17-13-14-18(15-17)31(26)30(36)37-16-25-21-9-3-1-7-19(21)20-8-2-4-10-22(20)25/h1-12,17-18,25-26H,13-16H2. The average Bonchev–Trinajstić information content (AvgIpc) is 3.70. The van der Waals surface area contributed by atoms with Crippen molar-refractivity contribution in [1.29, 1.82) is 0 Å². The lowest BCUT2D eigenvalue weighted by atomic mass is 9.98. The van der Waals surface area contributed by atoms with E-state index in [4.69, 9.17) is 9.57 Å². The van der Waals surface area contributed by atoms with Crippen molar-refractivity contribution in [2.24, 2.45) is 5.92 Å². The summed E-state index contributed by atoms with van der Waals surface area (Å²) in [5, 5.41) is 0.509. The predicted molar refractivity (Wildman–Crippen MR) is 135 cm³/mol. The van der Waals surface area contributed by atoms with Gasteiger partial charge >= 0.3 is 12.1 Å². The number of ether oxygens (including phenoxy) is 1. The summed E-state index contributed by atoms with van der Waals surface area (Å²) >= 11 is 0. The van der Waals surface area contributed by atoms with Gasteiger partial charge in [0, 0.05) is 12.0 Å². The third-order valence-corrected chi connectivity index (χ3v) is 8.31. The fourth-order valence-corrected chi connectivity index (χ4v) is 6.62. The molecule has 190 valence electrons. The summed E-state index contributed by atoms with van der Waals surface area (Å²) in [5.74, 6) is -2.37. The van der Waals surface area contributed by atoms with Crippen LogP contribution >= 0.6 is 0 Å². The largest absolute Gasteiger partial charge is 0.448 e. The molecule has 1 saturated carbocycles. The van der Waals surface area contributed by atoms with Crippen LogP contribution in [-0.2, 0) is 14.4 Å². The third kappa shape index (κ3) is 3.29. The number of fused-ring (bicyclic) bond motifs is 6. The van der Waals surface area contributed by atoms with Crippen molar-refractivity contribution >= 4 is 23.9 Å². The van der Waals surface area contributed by atoms with E-state index in [9.17, 15) is 19.2 Å². The number of amides is 3. The molecule has 38 heavy (non-hydrogen) atoms. The number of carbonyl (C=O) groups excluding carboxylic acids is 4. The van der Waals surface area contributed by atoms with Gasteiger partial charge in [0.2, 0.25) is 0 Å². The smallest absolute Gasteiger partial charge is 0.410 e. The zero-order valence-electron chi connectivity index (χ0n) is 20.4. The number of hydroxylamine groups is 2. The number of benzene rings is 3. The van der Waals surface area contributed by atoms with Crippen LogP contribution in [0.25, 0.3) is 11.1 Å². The van der Waals surface area contributed by atoms with Gasteiger partial charge in [-0.25, -0.2) is 9.59 Å². The molecule has 2 aliphatic heterocycles. The van der Waals surface area contributed by atoms with Crippen LogP contribution in [0.15, 0.2) is 72.8 Å². The number of likely N-dealkylation sites (tertiary alicyclic amines) is 1. The summed E-state index contributed by atoms with van der Waals surface area (Å²) in [6, 6.07) is 21.5. The number of imide groups is 1. The molecule has 0 aromatic heterocycles. The Morgan fingerprint density at radius 2 is 1.32 bits per heavy atom. The van der Waals surface area contributed by atoms with Crippen molar-refractivity contribution in [1.82, 2.24) is 9.96 Å². The molecule has 7 rings (SSSR count). The minimum Gasteiger partial charge on any atom is -0.448 e. The van der Waals surface area contributed by atoms with E-state index in [1.807, 2.05) is 36.4 Å². The average molecular weight is 509 g/mol. The van der Waals surface area contributed by atoms with E-state index in [0.717, 1.165) is 35.1 Å². The first kappa shape index (κ1) is 22.7. The highest BCUT2D eigenvalue weighted by molar-refractivity contribution is 6.21. The first-order valence-electron chi connectivity index (χ1n) is 12.9. The molecule has 2 fully saturated rings. The number of nitrogens with zero attached hydrogens (tertiary/aromatic N) is 2. The van der Waals surface area contributed by atoms with Crippen LogP contribution in [0.2, 0.25) is 0 Å². The van der Waals surface area contributed by atoms with E-state index < -0.39 is 29.9 Å². The van der Waals surface area contributed by atoms with Gasteiger partial charge in [0.25, 0.3) is 11.8 Å². The van der Waals surface area contributed by atoms with Gasteiger partial charge < -0.3 is 9.57 Å². The highest BCUT2D eigenvalue weighted by Gasteiger charge is 2.54. The van der Waals surface area contributed by atoms with Crippen LogP contribution in [0.3, 0.4) is 0 Å². The predicted octanol–water partition coefficient (Wildman–Crippen LogP) is 4.54. The Kier molecular flexibility index (Phi) is 5.11. The summed E-state index contributed by atoms with van der Waals surface area (Å²) in [6.07, 6.45) is 1.61. The maximum atomic E-state index is 13.4. The normalized spacial score (nSPS) is 22.9. The third-order valence-electron chi connectivity index (χ3n) is 8.31. The van der Waals surface area contributed by atoms with E-state index in [2.05, 4.69) is 12.1 Å². The minimum atomic E-state index is -0.909. The second-order valence-corrected chi connectivity index (χ2v) is 10.2. The van der Waals surface area contributed by atoms with Crippen LogP contribution in [0.4, 0.5) is 4.79 Å². The lowest BCUT2D eigenvalue weighted by molar-refractivity contribution is -0.176. The second kappa shape index (κ2) is 8.55. The Hall–Kier alpha value is -4.46. The summed E-state index contributed by atoms with van der Waals surface area (Å²) in [5.41, 5.74) is 4.84. The van der Waals surface area contributed by atoms with Gasteiger partial charge in [-0.05, 0) is 59.6 Å². The van der Waals surface area contributed by atoms with Crippen LogP contribution in [-0.4, -0.2) is 52.5 Å². The maximum Gasteiger partial charge on any atom is 0.410 e. The molecule has 0 N–H and O–H groups in total. The molecule has 1 saturated heterocycles. The number of carbonyl (C=O) groups is 4. The molecule has 3 unspecified atom stereocenters. The number of rotatable bonds is 4. The zero-order chi connectivity index (χ0) is 26.0. The van der Waals surface area contributed by atoms with E-state index in [0.29, 0.717) is 11.5 Å². The molecular formula is C30H24N2O6. The second-order valence-electron chi connectivity index (χ2n) is 10.2. The topological polar surface area (TPSA) is 93.2 Å². The zero-order valence-corrected chi connectivity index (χ0v) is 20.4. The summed E-state index contributed by atoms with van der Waals surface area (Å²) < 4.78 is 5.85. The Balaban J connectivity index is 1.09. The van der Waals surface area contributed by atoms with Crippen molar-refractivity contribution in [2.75, 3.05) is 6.61 Å². The van der Waals surface area contributed by atoms with Crippen LogP contribution in [0.5, 0.6) is 0 Å². The fraction of sp³-hybridized carbons (Fsp3) is 0.267. The highest BCUT2D eigenvalue weighted by atomic mass is 16.7. The molecule has 8 heteroatoms. The van der Waals surface area contributed by atoms with Gasteiger partial charge in [0.1, 0.15) is 12.6 Å². The van der Waals surface area contributed by atoms with Crippen molar-refractivity contribution in [3.63, 3.8) is 0 Å². The monoisotopic (exact) mass is 508 g/mol. The molecule has 0 radical (unpaired) electrons. The summed E-state index contributed by atoms with van der Waals surface area (Å²) in [7, 11) is 0. The Morgan fingerprint density at radius 1 is 0.763 bits per heavy atom. The lowest BCUT2D eigenvalue weighted by Gasteiger charge is -2.33. The molecule has 2 heterocycles. The first-order valence-corrected chi connectivity index (χ1v) is 12.9. The van der Waals surface area contributed by atoms with Gasteiger partial charge in [-0.1, -0.05) is 65.7 Å². The molecule has 3 atom stereocenters. The van der Waals surface area contributed by atoms with Gasteiger partial charge in [0.05, 0.1) is 11.1 Å². The van der Waals surface area contributed by atoms with Gasteiger partial charge in [-0.3, -0.25) is 14.5 Å². The van der Waals surface area contributed by atoms with E-state index >= 15 is 0 Å². The Labute approximate surface area is 218 Å². The molecule has 8 nitrogen and oxygen atoms in total. The fourth-order valence-electron chi connectivity index (χ4n) is 6.62. The van der Waals surface area contributed by atoms with E-state index in [1.165, 1.54) is 17.0 Å². The first-order chi connectivity index (χ1) is 18.5. The molecule has 3 amide bonds. The molecule has 0 spiro atoms. The van der Waals surface area contributed by atoms with Gasteiger partial charge in [-0.2, -0.15) is 0 Å². The van der Waals surface area contributed by atoms with Crippen molar-refractivity contribution in [2.45, 2.75) is 37.3 Å². The van der Waals surface area contributed by atoms with Gasteiger partial charge in [0.15, 0.2) is 0 Å². The summed E-state index contributed by atoms with van der Waals surface area (Å²) in [6.45, 7) is 0.140.